The monoisotopic (exact) mass is 338 g/mol. The Morgan fingerprint density at radius 1 is 1.30 bits per heavy atom. The van der Waals surface area contributed by atoms with Gasteiger partial charge in [-0.3, -0.25) is 4.79 Å². The van der Waals surface area contributed by atoms with Gasteiger partial charge in [0.25, 0.3) is 5.91 Å². The predicted molar refractivity (Wildman–Crippen MR) is 97.5 cm³/mol. The first-order chi connectivity index (χ1) is 10.5. The minimum Gasteiger partial charge on any atom is -0.415 e. The molecule has 4 nitrogen and oxygen atoms in total. The molecule has 2 aliphatic rings. The number of nitrogens with zero attached hydrogens (tertiary/aromatic N) is 1. The number of carbonyl (C=O) groups excluding carboxylic acids is 1. The van der Waals surface area contributed by atoms with E-state index >= 15 is 0 Å². The fourth-order valence-corrected chi connectivity index (χ4v) is 4.41. The van der Waals surface area contributed by atoms with E-state index in [0.717, 1.165) is 24.8 Å². The second-order valence-corrected chi connectivity index (χ2v) is 13.8. The third-order valence-corrected chi connectivity index (χ3v) is 10.5. The minimum atomic E-state index is -1.78. The van der Waals surface area contributed by atoms with Crippen molar-refractivity contribution in [3.8, 4) is 0 Å². The van der Waals surface area contributed by atoms with Gasteiger partial charge in [0.2, 0.25) is 0 Å². The van der Waals surface area contributed by atoms with E-state index in [9.17, 15) is 4.79 Å². The lowest BCUT2D eigenvalue weighted by Crippen LogP contribution is -2.51. The molecule has 0 unspecified atom stereocenters. The molecule has 132 valence electrons. The van der Waals surface area contributed by atoms with Crippen LogP contribution in [-0.4, -0.2) is 37.8 Å². The molecule has 2 rings (SSSR count). The molecule has 0 radical (unpaired) electrons. The summed E-state index contributed by atoms with van der Waals surface area (Å²) < 4.78 is 6.37. The van der Waals surface area contributed by atoms with Crippen LogP contribution in [-0.2, 0) is 9.22 Å². The highest BCUT2D eigenvalue weighted by molar-refractivity contribution is 6.74. The molecule has 2 atom stereocenters. The molecule has 0 aromatic rings. The Morgan fingerprint density at radius 2 is 1.91 bits per heavy atom. The topological polar surface area (TPSA) is 55.6 Å². The zero-order chi connectivity index (χ0) is 17.6. The lowest BCUT2D eigenvalue weighted by Gasteiger charge is -2.40. The van der Waals surface area contributed by atoms with Gasteiger partial charge in [-0.25, -0.2) is 0 Å². The van der Waals surface area contributed by atoms with Crippen LogP contribution in [0.1, 0.15) is 53.9 Å². The molecule has 5 heteroatoms. The molecule has 0 aliphatic carbocycles. The second-order valence-electron chi connectivity index (χ2n) is 8.97. The van der Waals surface area contributed by atoms with Crippen molar-refractivity contribution in [1.82, 2.24) is 4.90 Å². The summed E-state index contributed by atoms with van der Waals surface area (Å²) in [5.74, 6) is 0.384. The molecule has 1 amide bonds. The van der Waals surface area contributed by atoms with Crippen molar-refractivity contribution in [3.63, 3.8) is 0 Å². The maximum atomic E-state index is 12.8. The van der Waals surface area contributed by atoms with Crippen LogP contribution >= 0.6 is 0 Å². The number of rotatable bonds is 4. The molecule has 23 heavy (non-hydrogen) atoms. The largest absolute Gasteiger partial charge is 0.415 e. The average molecular weight is 339 g/mol. The van der Waals surface area contributed by atoms with Crippen molar-refractivity contribution in [3.05, 3.63) is 11.3 Å². The van der Waals surface area contributed by atoms with E-state index in [2.05, 4.69) is 47.7 Å². The van der Waals surface area contributed by atoms with Gasteiger partial charge in [0.05, 0.1) is 18.3 Å². The first kappa shape index (κ1) is 18.5. The maximum absolute atomic E-state index is 12.8. The molecule has 2 N–H and O–H groups in total. The summed E-state index contributed by atoms with van der Waals surface area (Å²) in [4.78, 5) is 14.8. The smallest absolute Gasteiger partial charge is 0.270 e. The van der Waals surface area contributed by atoms with Gasteiger partial charge in [-0.2, -0.15) is 0 Å². The summed E-state index contributed by atoms with van der Waals surface area (Å²) in [5.41, 5.74) is 7.77. The van der Waals surface area contributed by atoms with Gasteiger partial charge < -0.3 is 15.1 Å². The normalized spacial score (nSPS) is 26.3. The molecule has 0 spiro atoms. The number of fused-ring (bicyclic) bond motifs is 1. The quantitative estimate of drug-likeness (QED) is 0.796. The van der Waals surface area contributed by atoms with Gasteiger partial charge in [-0.05, 0) is 48.9 Å². The van der Waals surface area contributed by atoms with Crippen LogP contribution in [0.3, 0.4) is 0 Å². The van der Waals surface area contributed by atoms with E-state index in [-0.39, 0.29) is 17.0 Å². The summed E-state index contributed by atoms with van der Waals surface area (Å²) in [6.07, 6.45) is 3.04. The Hall–Kier alpha value is -0.813. The average Bonchev–Trinajstić information content (AvgIpc) is 2.82. The second kappa shape index (κ2) is 6.24. The standard InChI is InChI=1S/C18H34N2O2Si/c1-12(2)15-10-13-8-9-14(20(13)17(21)16(15)19)11-22-23(6,7)18(3,4)5/h12-14H,8-11,19H2,1-7H3/t13-,14+/m1/s1. The zero-order valence-electron chi connectivity index (χ0n) is 15.9. The van der Waals surface area contributed by atoms with E-state index in [4.69, 9.17) is 10.2 Å². The van der Waals surface area contributed by atoms with Crippen molar-refractivity contribution < 1.29 is 9.22 Å². The lowest BCUT2D eigenvalue weighted by molar-refractivity contribution is -0.131. The predicted octanol–water partition coefficient (Wildman–Crippen LogP) is 3.64. The minimum absolute atomic E-state index is 0.0336. The summed E-state index contributed by atoms with van der Waals surface area (Å²) in [5, 5.41) is 0.195. The van der Waals surface area contributed by atoms with Crippen molar-refractivity contribution in [2.45, 2.75) is 84.1 Å². The summed E-state index contributed by atoms with van der Waals surface area (Å²) >= 11 is 0. The molecule has 2 heterocycles. The van der Waals surface area contributed by atoms with Gasteiger partial charge in [0.15, 0.2) is 8.32 Å². The summed E-state index contributed by atoms with van der Waals surface area (Å²) in [7, 11) is -1.78. The van der Waals surface area contributed by atoms with E-state index in [1.54, 1.807) is 0 Å². The lowest BCUT2D eigenvalue weighted by atomic mass is 9.90. The highest BCUT2D eigenvalue weighted by Gasteiger charge is 2.44. The maximum Gasteiger partial charge on any atom is 0.270 e. The number of nitrogens with two attached hydrogens (primary N) is 1. The van der Waals surface area contributed by atoms with Gasteiger partial charge in [0.1, 0.15) is 0 Å². The van der Waals surface area contributed by atoms with Crippen LogP contribution in [0, 0.1) is 5.92 Å². The first-order valence-electron chi connectivity index (χ1n) is 8.91. The van der Waals surface area contributed by atoms with Gasteiger partial charge in [-0.15, -0.1) is 0 Å². The van der Waals surface area contributed by atoms with E-state index in [1.165, 1.54) is 0 Å². The molecule has 2 aliphatic heterocycles. The van der Waals surface area contributed by atoms with Crippen molar-refractivity contribution in [2.24, 2.45) is 11.7 Å². The van der Waals surface area contributed by atoms with Gasteiger partial charge >= 0.3 is 0 Å². The van der Waals surface area contributed by atoms with Gasteiger partial charge in [-0.1, -0.05) is 34.6 Å². The molecular formula is C18H34N2O2Si. The Morgan fingerprint density at radius 3 is 2.43 bits per heavy atom. The highest BCUT2D eigenvalue weighted by Crippen LogP contribution is 2.39. The fourth-order valence-electron chi connectivity index (χ4n) is 3.36. The molecular weight excluding hydrogens is 304 g/mol. The van der Waals surface area contributed by atoms with Crippen molar-refractivity contribution in [1.29, 1.82) is 0 Å². The third-order valence-electron chi connectivity index (χ3n) is 6.03. The Kier molecular flexibility index (Phi) is 5.03. The van der Waals surface area contributed by atoms with Crippen LogP contribution < -0.4 is 5.73 Å². The first-order valence-corrected chi connectivity index (χ1v) is 11.8. The molecule has 1 fully saturated rings. The Balaban J connectivity index is 2.10. The number of carbonyl (C=O) groups is 1. The van der Waals surface area contributed by atoms with E-state index in [0.29, 0.717) is 24.3 Å². The van der Waals surface area contributed by atoms with E-state index < -0.39 is 8.32 Å². The summed E-state index contributed by atoms with van der Waals surface area (Å²) in [6.45, 7) is 16.2. The number of hydrogen-bond acceptors (Lipinski definition) is 3. The number of amides is 1. The Bertz CT molecular complexity index is 506. The zero-order valence-corrected chi connectivity index (χ0v) is 16.9. The van der Waals surface area contributed by atoms with Crippen LogP contribution in [0.5, 0.6) is 0 Å². The SMILES string of the molecule is CC(C)C1=C(N)C(=O)N2[C@H](CC[C@H]2CO[Si](C)(C)C(C)(C)C)C1. The van der Waals surface area contributed by atoms with Crippen molar-refractivity contribution >= 4 is 14.2 Å². The van der Waals surface area contributed by atoms with E-state index in [1.807, 2.05) is 4.90 Å². The molecule has 0 aromatic carbocycles. The molecule has 0 bridgehead atoms. The third kappa shape index (κ3) is 3.50. The van der Waals surface area contributed by atoms with Crippen LogP contribution in [0.25, 0.3) is 0 Å². The molecule has 1 saturated heterocycles. The molecule has 0 saturated carbocycles. The Labute approximate surface area is 142 Å². The van der Waals surface area contributed by atoms with Crippen LogP contribution in [0.4, 0.5) is 0 Å². The summed E-state index contributed by atoms with van der Waals surface area (Å²) in [6, 6.07) is 0.508. The fraction of sp³-hybridized carbons (Fsp3) is 0.833. The van der Waals surface area contributed by atoms with Crippen LogP contribution in [0.2, 0.25) is 18.1 Å². The van der Waals surface area contributed by atoms with Gasteiger partial charge in [0, 0.05) is 6.04 Å². The number of hydrogen-bond donors (Lipinski definition) is 1. The highest BCUT2D eigenvalue weighted by atomic mass is 28.4. The molecule has 0 aromatic heterocycles. The van der Waals surface area contributed by atoms with Crippen molar-refractivity contribution in [2.75, 3.05) is 6.61 Å². The van der Waals surface area contributed by atoms with Crippen LogP contribution in [0.15, 0.2) is 11.3 Å².